The number of thiophene rings is 1. The molecule has 3 aromatic heterocycles. The highest BCUT2D eigenvalue weighted by molar-refractivity contribution is 7.23. The maximum Gasteiger partial charge on any atom is 0.420 e. The number of piperidine rings is 1. The Bertz CT molecular complexity index is 2390. The van der Waals surface area contributed by atoms with Gasteiger partial charge in [0.25, 0.3) is 0 Å². The minimum atomic E-state index is -5.26. The van der Waals surface area contributed by atoms with E-state index in [-0.39, 0.29) is 63.5 Å². The van der Waals surface area contributed by atoms with E-state index in [9.17, 15) is 14.0 Å². The second kappa shape index (κ2) is 13.6. The predicted molar refractivity (Wildman–Crippen MR) is 192 cm³/mol. The maximum absolute atomic E-state index is 17.4. The fourth-order valence-electron chi connectivity index (χ4n) is 7.70. The summed E-state index contributed by atoms with van der Waals surface area (Å²) in [5, 5.41) is 9.06. The molecule has 0 radical (unpaired) electrons. The number of nitrogens with two attached hydrogens (primary N) is 2. The van der Waals surface area contributed by atoms with E-state index in [1.54, 1.807) is 6.92 Å². The van der Waals surface area contributed by atoms with Gasteiger partial charge >= 0.3 is 12.2 Å². The Labute approximate surface area is 313 Å². The molecule has 5 heterocycles. The highest BCUT2D eigenvalue weighted by Gasteiger charge is 2.47. The van der Waals surface area contributed by atoms with Crippen LogP contribution in [0.2, 0.25) is 0 Å². The molecule has 5 aromatic rings. The fraction of sp³-hybridized carbons (Fsp3) is 0.405. The summed E-state index contributed by atoms with van der Waals surface area (Å²) >= 11 is 0.654. The van der Waals surface area contributed by atoms with Gasteiger partial charge in [-0.1, -0.05) is 6.07 Å². The van der Waals surface area contributed by atoms with Gasteiger partial charge in [-0.05, 0) is 56.4 Å². The number of nitrogens with zero attached hydrogens (tertiary/aromatic N) is 6. The van der Waals surface area contributed by atoms with E-state index in [0.29, 0.717) is 49.4 Å². The fourth-order valence-corrected chi connectivity index (χ4v) is 8.65. The lowest BCUT2D eigenvalue weighted by atomic mass is 9.91. The Hall–Kier alpha value is -5.15. The molecule has 4 N–H and O–H groups in total. The third-order valence-electron chi connectivity index (χ3n) is 10.7. The second-order valence-electron chi connectivity index (χ2n) is 14.3. The van der Waals surface area contributed by atoms with Crippen LogP contribution in [-0.4, -0.2) is 65.4 Å². The molecule has 1 atom stereocenters. The number of nitriles is 1. The minimum absolute atomic E-state index is 0.0919. The number of hydrogen-bond donors (Lipinski definition) is 2. The van der Waals surface area contributed by atoms with E-state index < -0.39 is 69.3 Å². The van der Waals surface area contributed by atoms with Gasteiger partial charge < -0.3 is 30.7 Å². The zero-order valence-electron chi connectivity index (χ0n) is 29.2. The summed E-state index contributed by atoms with van der Waals surface area (Å²) in [6, 6.07) is 5.00. The molecule has 1 aliphatic carbocycles. The van der Waals surface area contributed by atoms with Crippen LogP contribution in [-0.2, 0) is 6.18 Å². The highest BCUT2D eigenvalue weighted by Crippen LogP contribution is 2.54. The average Bonchev–Trinajstić information content (AvgIpc) is 3.85. The van der Waals surface area contributed by atoms with Crippen molar-refractivity contribution in [2.45, 2.75) is 51.0 Å². The quantitative estimate of drug-likeness (QED) is 0.118. The van der Waals surface area contributed by atoms with Crippen LogP contribution < -0.4 is 25.8 Å². The molecule has 0 spiro atoms. The summed E-state index contributed by atoms with van der Waals surface area (Å²) in [5.74, 6) is -4.27. The smallest absolute Gasteiger partial charge is 0.420 e. The largest absolute Gasteiger partial charge is 0.490 e. The standard InChI is InChI=1S/C37H33F7N8O2S/c1-17(19-3-5-23(40)48-32(19)46)52-12-13-53-30-26-29(49-35(50-34(26)52)54-16-36(8-9-36)15-51-10-6-18(38)7-11-51)28(41)25(27(30)37(42,43)44)20-2-4-22(39)31-24(20)21(14-45)33(47)55-31/h2-5,17-18H,6-13,15-16,47H2,1H3,(H2,46,48)/t17-/m1/s1. The number of aromatic nitrogens is 3. The molecule has 0 bridgehead atoms. The van der Waals surface area contributed by atoms with E-state index in [1.165, 1.54) is 11.0 Å². The minimum Gasteiger partial charge on any atom is -0.490 e. The van der Waals surface area contributed by atoms with Gasteiger partial charge in [0.1, 0.15) is 58.1 Å². The second-order valence-corrected chi connectivity index (χ2v) is 15.3. The van der Waals surface area contributed by atoms with Gasteiger partial charge in [0.05, 0.1) is 34.8 Å². The van der Waals surface area contributed by atoms with Gasteiger partial charge in [-0.25, -0.2) is 18.2 Å². The SMILES string of the molecule is C[C@H](c1ccc(F)nc1N)N1CCOc2c(C(F)(F)F)c(-c3ccc(F)c4sc(N)c(C#N)c34)c(F)c3nc(OCC4(CN5CCC(F)CC5)CC4)nc1c23. The number of anilines is 3. The van der Waals surface area contributed by atoms with Crippen LogP contribution in [0.1, 0.15) is 55.3 Å². The Balaban J connectivity index is 1.34. The van der Waals surface area contributed by atoms with Crippen molar-refractivity contribution in [2.24, 2.45) is 5.41 Å². The first-order valence-corrected chi connectivity index (χ1v) is 18.4. The van der Waals surface area contributed by atoms with Crippen molar-refractivity contribution < 1.29 is 40.2 Å². The molecule has 0 amide bonds. The molecular formula is C37H33F7N8O2S. The van der Waals surface area contributed by atoms with Gasteiger partial charge in [-0.15, -0.1) is 11.3 Å². The summed E-state index contributed by atoms with van der Waals surface area (Å²) < 4.78 is 118. The van der Waals surface area contributed by atoms with Crippen LogP contribution in [0.5, 0.6) is 11.8 Å². The van der Waals surface area contributed by atoms with Crippen molar-refractivity contribution in [1.29, 1.82) is 5.26 Å². The van der Waals surface area contributed by atoms with Crippen molar-refractivity contribution in [3.8, 4) is 29.0 Å². The molecule has 0 unspecified atom stereocenters. The lowest BCUT2D eigenvalue weighted by Gasteiger charge is -2.32. The molecule has 3 aliphatic rings. The van der Waals surface area contributed by atoms with Crippen molar-refractivity contribution in [1.82, 2.24) is 19.9 Å². The Morgan fingerprint density at radius 2 is 1.80 bits per heavy atom. The van der Waals surface area contributed by atoms with Gasteiger partial charge in [-0.2, -0.15) is 32.8 Å². The predicted octanol–water partition coefficient (Wildman–Crippen LogP) is 7.93. The zero-order valence-corrected chi connectivity index (χ0v) is 30.1. The molecule has 1 saturated carbocycles. The molecule has 2 fully saturated rings. The number of nitrogen functional groups attached to an aromatic ring is 2. The first kappa shape index (κ1) is 36.8. The highest BCUT2D eigenvalue weighted by atomic mass is 32.1. The number of fused-ring (bicyclic) bond motifs is 1. The lowest BCUT2D eigenvalue weighted by molar-refractivity contribution is -0.138. The summed E-state index contributed by atoms with van der Waals surface area (Å²) in [4.78, 5) is 16.3. The first-order valence-electron chi connectivity index (χ1n) is 17.6. The third kappa shape index (κ3) is 6.46. The Kier molecular flexibility index (Phi) is 9.07. The molecule has 288 valence electrons. The van der Waals surface area contributed by atoms with Gasteiger partial charge in [-0.3, -0.25) is 0 Å². The van der Waals surface area contributed by atoms with E-state index >= 15 is 22.0 Å². The molecule has 55 heavy (non-hydrogen) atoms. The van der Waals surface area contributed by atoms with E-state index in [4.69, 9.17) is 20.9 Å². The van der Waals surface area contributed by atoms with Crippen molar-refractivity contribution in [3.05, 3.63) is 58.5 Å². The van der Waals surface area contributed by atoms with Crippen LogP contribution in [0.25, 0.3) is 32.1 Å². The molecular weight excluding hydrogens is 754 g/mol. The van der Waals surface area contributed by atoms with Crippen LogP contribution in [0, 0.1) is 34.3 Å². The van der Waals surface area contributed by atoms with Crippen LogP contribution >= 0.6 is 11.3 Å². The van der Waals surface area contributed by atoms with Gasteiger partial charge in [0.2, 0.25) is 5.95 Å². The average molecular weight is 787 g/mol. The van der Waals surface area contributed by atoms with E-state index in [0.717, 1.165) is 31.0 Å². The summed E-state index contributed by atoms with van der Waals surface area (Å²) in [6.45, 7) is 3.09. The number of hydrogen-bond acceptors (Lipinski definition) is 11. The molecule has 8 rings (SSSR count). The number of pyridine rings is 1. The topological polar surface area (TPSA) is 139 Å². The van der Waals surface area contributed by atoms with Gasteiger partial charge in [0, 0.05) is 41.6 Å². The summed E-state index contributed by atoms with van der Waals surface area (Å²) in [7, 11) is 0. The monoisotopic (exact) mass is 786 g/mol. The Morgan fingerprint density at radius 1 is 1.05 bits per heavy atom. The van der Waals surface area contributed by atoms with Crippen molar-refractivity contribution in [3.63, 3.8) is 0 Å². The Morgan fingerprint density at radius 3 is 2.47 bits per heavy atom. The van der Waals surface area contributed by atoms with E-state index in [2.05, 4.69) is 19.9 Å². The molecule has 2 aromatic carbocycles. The first-order chi connectivity index (χ1) is 26.2. The number of likely N-dealkylation sites (tertiary alicyclic amines) is 1. The number of alkyl halides is 4. The van der Waals surface area contributed by atoms with Crippen molar-refractivity contribution in [2.75, 3.05) is 55.8 Å². The van der Waals surface area contributed by atoms with E-state index in [1.807, 2.05) is 6.07 Å². The van der Waals surface area contributed by atoms with Crippen LogP contribution in [0.4, 0.5) is 47.4 Å². The van der Waals surface area contributed by atoms with Crippen LogP contribution in [0.15, 0.2) is 24.3 Å². The normalized spacial score (nSPS) is 17.9. The number of halogens is 7. The molecule has 18 heteroatoms. The maximum atomic E-state index is 17.4. The number of benzene rings is 2. The van der Waals surface area contributed by atoms with Crippen LogP contribution in [0.3, 0.4) is 0 Å². The zero-order chi connectivity index (χ0) is 39.0. The molecule has 10 nitrogen and oxygen atoms in total. The van der Waals surface area contributed by atoms with Gasteiger partial charge in [0.15, 0.2) is 5.82 Å². The third-order valence-corrected chi connectivity index (χ3v) is 11.7. The van der Waals surface area contributed by atoms with Crippen molar-refractivity contribution >= 4 is 49.0 Å². The summed E-state index contributed by atoms with van der Waals surface area (Å²) in [5.41, 5.74) is 8.20. The molecule has 1 saturated heterocycles. The lowest BCUT2D eigenvalue weighted by Crippen LogP contribution is -2.39. The number of ether oxygens (including phenoxy) is 2. The summed E-state index contributed by atoms with van der Waals surface area (Å²) in [6.07, 6.45) is -3.67. The molecule has 2 aliphatic heterocycles. The number of rotatable bonds is 8.